The summed E-state index contributed by atoms with van der Waals surface area (Å²) < 4.78 is 33.0. The molecule has 1 aliphatic rings. The fraction of sp³-hybridized carbons (Fsp3) is 0.200. The van der Waals surface area contributed by atoms with Crippen LogP contribution in [0.2, 0.25) is 0 Å². The third-order valence-corrected chi connectivity index (χ3v) is 3.13. The standard InChI is InChI=1S/C10H10O3S.Na/c11-14(12,13)10(9-6-7-9)8-4-2-1-3-5-8;/h1-5H,6-7H2,(H,11,12,13);/q;+1/p-1. The summed E-state index contributed by atoms with van der Waals surface area (Å²) in [7, 11) is -4.33. The van der Waals surface area contributed by atoms with Crippen LogP contribution in [-0.4, -0.2) is 13.0 Å². The molecule has 0 amide bonds. The van der Waals surface area contributed by atoms with Crippen molar-refractivity contribution < 1.29 is 42.5 Å². The summed E-state index contributed by atoms with van der Waals surface area (Å²) in [6.45, 7) is 0. The summed E-state index contributed by atoms with van der Waals surface area (Å²) in [4.78, 5) is -0.0156. The van der Waals surface area contributed by atoms with Crippen LogP contribution in [0.15, 0.2) is 35.9 Å². The second-order valence-electron chi connectivity index (χ2n) is 3.25. The van der Waals surface area contributed by atoms with Crippen molar-refractivity contribution in [1.82, 2.24) is 0 Å². The zero-order valence-electron chi connectivity index (χ0n) is 8.43. The van der Waals surface area contributed by atoms with Gasteiger partial charge in [0, 0.05) is 0 Å². The maximum absolute atomic E-state index is 11.0. The Bertz CT molecular complexity index is 471. The molecular formula is C10H9NaO3S. The minimum absolute atomic E-state index is 0. The van der Waals surface area contributed by atoms with Crippen LogP contribution in [0.1, 0.15) is 18.4 Å². The fourth-order valence-electron chi connectivity index (χ4n) is 1.40. The Balaban J connectivity index is 0.00000112. The van der Waals surface area contributed by atoms with Crippen molar-refractivity contribution in [3.63, 3.8) is 0 Å². The van der Waals surface area contributed by atoms with Gasteiger partial charge in [-0.2, -0.15) is 0 Å². The van der Waals surface area contributed by atoms with Crippen molar-refractivity contribution in [2.45, 2.75) is 12.8 Å². The van der Waals surface area contributed by atoms with Crippen molar-refractivity contribution in [2.75, 3.05) is 0 Å². The summed E-state index contributed by atoms with van der Waals surface area (Å²) in [5.74, 6) is 0. The average Bonchev–Trinajstić information content (AvgIpc) is 2.88. The Morgan fingerprint density at radius 1 is 1.13 bits per heavy atom. The molecule has 1 saturated carbocycles. The second-order valence-corrected chi connectivity index (χ2v) is 4.57. The van der Waals surface area contributed by atoms with Crippen LogP contribution in [0, 0.1) is 0 Å². The van der Waals surface area contributed by atoms with E-state index in [4.69, 9.17) is 0 Å². The number of allylic oxidation sites excluding steroid dienone is 1. The van der Waals surface area contributed by atoms with Gasteiger partial charge >= 0.3 is 29.6 Å². The first-order valence-corrected chi connectivity index (χ1v) is 5.73. The minimum Gasteiger partial charge on any atom is -0.744 e. The van der Waals surface area contributed by atoms with Gasteiger partial charge in [-0.1, -0.05) is 35.9 Å². The van der Waals surface area contributed by atoms with E-state index < -0.39 is 10.1 Å². The normalized spacial score (nSPS) is 14.3. The van der Waals surface area contributed by atoms with Gasteiger partial charge < -0.3 is 4.55 Å². The Hall–Kier alpha value is -0.130. The van der Waals surface area contributed by atoms with E-state index in [0.29, 0.717) is 5.56 Å². The molecule has 5 heteroatoms. The van der Waals surface area contributed by atoms with E-state index in [9.17, 15) is 13.0 Å². The molecule has 74 valence electrons. The maximum Gasteiger partial charge on any atom is 1.00 e. The van der Waals surface area contributed by atoms with Crippen LogP contribution in [0.5, 0.6) is 0 Å². The van der Waals surface area contributed by atoms with Crippen molar-refractivity contribution in [3.8, 4) is 0 Å². The molecule has 0 aliphatic heterocycles. The molecule has 0 saturated heterocycles. The Kier molecular flexibility index (Phi) is 4.14. The van der Waals surface area contributed by atoms with Crippen LogP contribution in [0.3, 0.4) is 0 Å². The quantitative estimate of drug-likeness (QED) is 0.472. The molecule has 1 fully saturated rings. The van der Waals surface area contributed by atoms with Crippen LogP contribution in [0.4, 0.5) is 0 Å². The van der Waals surface area contributed by atoms with E-state index in [1.807, 2.05) is 0 Å². The predicted octanol–water partition coefficient (Wildman–Crippen LogP) is -1.26. The zero-order chi connectivity index (χ0) is 10.2. The van der Waals surface area contributed by atoms with Gasteiger partial charge in [-0.15, -0.1) is 0 Å². The number of rotatable bonds is 2. The Morgan fingerprint density at radius 3 is 2.07 bits per heavy atom. The first-order chi connectivity index (χ1) is 6.59. The molecule has 1 aromatic carbocycles. The average molecular weight is 232 g/mol. The maximum atomic E-state index is 11.0. The zero-order valence-corrected chi connectivity index (χ0v) is 11.3. The van der Waals surface area contributed by atoms with Gasteiger partial charge in [-0.25, -0.2) is 8.42 Å². The minimum atomic E-state index is -4.33. The molecule has 15 heavy (non-hydrogen) atoms. The molecule has 0 N–H and O–H groups in total. The van der Waals surface area contributed by atoms with Gasteiger partial charge in [-0.05, 0) is 18.4 Å². The molecule has 1 aliphatic carbocycles. The van der Waals surface area contributed by atoms with Crippen LogP contribution in [0.25, 0.3) is 4.91 Å². The van der Waals surface area contributed by atoms with E-state index in [2.05, 4.69) is 0 Å². The first kappa shape index (κ1) is 12.9. The van der Waals surface area contributed by atoms with Crippen molar-refractivity contribution in [3.05, 3.63) is 41.5 Å². The van der Waals surface area contributed by atoms with Crippen molar-refractivity contribution >= 4 is 15.0 Å². The van der Waals surface area contributed by atoms with E-state index >= 15 is 0 Å². The first-order valence-electron chi connectivity index (χ1n) is 4.32. The monoisotopic (exact) mass is 232 g/mol. The van der Waals surface area contributed by atoms with E-state index in [0.717, 1.165) is 18.4 Å². The van der Waals surface area contributed by atoms with Gasteiger partial charge in [0.1, 0.15) is 10.1 Å². The molecule has 0 atom stereocenters. The van der Waals surface area contributed by atoms with Crippen LogP contribution in [-0.2, 0) is 10.1 Å². The van der Waals surface area contributed by atoms with Gasteiger partial charge in [0.25, 0.3) is 0 Å². The number of hydrogen-bond donors (Lipinski definition) is 0. The third kappa shape index (κ3) is 3.16. The van der Waals surface area contributed by atoms with E-state index in [1.165, 1.54) is 0 Å². The van der Waals surface area contributed by atoms with Gasteiger partial charge in [0.05, 0.1) is 4.91 Å². The summed E-state index contributed by atoms with van der Waals surface area (Å²) in [5.41, 5.74) is 1.27. The van der Waals surface area contributed by atoms with E-state index in [1.54, 1.807) is 30.3 Å². The molecule has 0 aromatic heterocycles. The van der Waals surface area contributed by atoms with Gasteiger partial charge in [-0.3, -0.25) is 0 Å². The summed E-state index contributed by atoms with van der Waals surface area (Å²) in [5, 5.41) is 0. The molecule has 2 rings (SSSR count). The fourth-order valence-corrected chi connectivity index (χ4v) is 2.39. The largest absolute Gasteiger partial charge is 1.00 e. The molecule has 0 bridgehead atoms. The smallest absolute Gasteiger partial charge is 0.744 e. The van der Waals surface area contributed by atoms with Gasteiger partial charge in [0.2, 0.25) is 0 Å². The number of hydrogen-bond acceptors (Lipinski definition) is 3. The van der Waals surface area contributed by atoms with Crippen molar-refractivity contribution in [1.29, 1.82) is 0 Å². The summed E-state index contributed by atoms with van der Waals surface area (Å²) in [6, 6.07) is 8.54. The molecule has 0 radical (unpaired) electrons. The predicted molar refractivity (Wildman–Crippen MR) is 52.3 cm³/mol. The van der Waals surface area contributed by atoms with E-state index in [-0.39, 0.29) is 34.5 Å². The molecule has 1 aromatic rings. The number of benzene rings is 1. The molecule has 3 nitrogen and oxygen atoms in total. The van der Waals surface area contributed by atoms with Crippen molar-refractivity contribution in [2.24, 2.45) is 0 Å². The van der Waals surface area contributed by atoms with Crippen LogP contribution < -0.4 is 29.6 Å². The molecule has 0 spiro atoms. The molecule has 0 unspecified atom stereocenters. The Labute approximate surface area is 111 Å². The van der Waals surface area contributed by atoms with Gasteiger partial charge in [0.15, 0.2) is 0 Å². The topological polar surface area (TPSA) is 57.2 Å². The SMILES string of the molecule is O=S(=O)([O-])C(=C1CC1)c1ccccc1.[Na+]. The molecule has 0 heterocycles. The third-order valence-electron chi connectivity index (χ3n) is 2.11. The van der Waals surface area contributed by atoms with Crippen LogP contribution >= 0.6 is 0 Å². The second kappa shape index (κ2) is 4.80. The summed E-state index contributed by atoms with van der Waals surface area (Å²) >= 11 is 0. The summed E-state index contributed by atoms with van der Waals surface area (Å²) in [6.07, 6.45) is 1.46. The Morgan fingerprint density at radius 2 is 1.67 bits per heavy atom. The molecular weight excluding hydrogens is 223 g/mol.